The number of ketones is 2. The molecule has 31 nitrogen and oxygen atoms in total. The molecule has 9 aliphatic rings. The highest BCUT2D eigenvalue weighted by Crippen LogP contribution is 2.75. The van der Waals surface area contributed by atoms with E-state index in [1.807, 2.05) is 34.6 Å². The molecular weight excluding hydrogens is 1230 g/mol. The summed E-state index contributed by atoms with van der Waals surface area (Å²) in [5, 5.41) is 68.1. The van der Waals surface area contributed by atoms with E-state index in [-0.39, 0.29) is 48.6 Å². The summed E-state index contributed by atoms with van der Waals surface area (Å²) in [7, 11) is -14.9. The minimum absolute atomic E-state index is 0.0519. The first-order valence-corrected chi connectivity index (χ1v) is 33.0. The maximum absolute atomic E-state index is 14.4. The molecule has 4 aliphatic carbocycles. The summed E-state index contributed by atoms with van der Waals surface area (Å²) >= 11 is 0. The molecule has 26 atom stereocenters. The van der Waals surface area contributed by atoms with Crippen LogP contribution in [0.15, 0.2) is 11.6 Å². The minimum Gasteiger partial charge on any atom is -0.458 e. The van der Waals surface area contributed by atoms with E-state index in [0.717, 1.165) is 12.7 Å². The SMILES string of the molecule is COC1C(O)[C@H](OC2C(OS(=O)(=O)O)[C@H](O[C@@H]3C(C)O[C@@H](OC4C(O)[C@H](OS(=O)(=O)O)CO[C@H]4O[C@H]4CC[C@]5(C)C6CCC78C(=O)O[C@@](C)(CC(=O)CC(C)C)[C@H]7C(=O)C[C@@]8(C)C6=CC[C@H]5C4(C)C)C(O)C3O)OC[C@H]2O)OC(COS(=O)(=O)O)[C@H]1O. The van der Waals surface area contributed by atoms with E-state index in [4.69, 9.17) is 60.3 Å². The number of esters is 1. The van der Waals surface area contributed by atoms with Crippen LogP contribution in [0.5, 0.6) is 0 Å². The second-order valence-electron chi connectivity index (χ2n) is 26.4. The number of rotatable bonds is 20. The van der Waals surface area contributed by atoms with Crippen LogP contribution in [0.25, 0.3) is 0 Å². The highest BCUT2D eigenvalue weighted by Gasteiger charge is 2.79. The van der Waals surface area contributed by atoms with Crippen LogP contribution in [-0.4, -0.2) is 236 Å². The number of methoxy groups -OCH3 is 1. The van der Waals surface area contributed by atoms with Gasteiger partial charge in [-0.3, -0.25) is 28.0 Å². The zero-order valence-corrected chi connectivity index (χ0v) is 51.8. The van der Waals surface area contributed by atoms with Gasteiger partial charge in [0.2, 0.25) is 0 Å². The van der Waals surface area contributed by atoms with Gasteiger partial charge in [0.05, 0.1) is 43.4 Å². The first-order chi connectivity index (χ1) is 40.2. The van der Waals surface area contributed by atoms with Crippen molar-refractivity contribution in [1.29, 1.82) is 0 Å². The predicted molar refractivity (Wildman–Crippen MR) is 286 cm³/mol. The van der Waals surface area contributed by atoms with Crippen LogP contribution in [0.4, 0.5) is 0 Å². The van der Waals surface area contributed by atoms with E-state index < -0.39 is 207 Å². The number of allylic oxidation sites excluding steroid dienone is 2. The smallest absolute Gasteiger partial charge is 0.397 e. The number of carbonyl (C=O) groups is 3. The molecule has 9 N–H and O–H groups in total. The molecule has 0 bridgehead atoms. The minimum atomic E-state index is -5.55. The van der Waals surface area contributed by atoms with E-state index in [1.165, 1.54) is 6.92 Å². The summed E-state index contributed by atoms with van der Waals surface area (Å²) in [4.78, 5) is 42.0. The molecule has 0 radical (unpaired) electrons. The molecule has 0 aromatic carbocycles. The van der Waals surface area contributed by atoms with Gasteiger partial charge in [-0.2, -0.15) is 25.3 Å². The van der Waals surface area contributed by atoms with E-state index in [2.05, 4.69) is 17.2 Å². The molecule has 0 aromatic rings. The van der Waals surface area contributed by atoms with Crippen LogP contribution in [0, 0.1) is 45.3 Å². The van der Waals surface area contributed by atoms with Gasteiger partial charge in [0.25, 0.3) is 0 Å². The van der Waals surface area contributed by atoms with Crippen LogP contribution in [0.3, 0.4) is 0 Å². The van der Waals surface area contributed by atoms with Crippen LogP contribution in [-0.2, 0) is 105 Å². The topological polar surface area (TPSA) is 456 Å². The molecule has 12 unspecified atom stereocenters. The number of fused-ring (bicyclic) bond motifs is 4. The number of carbonyl (C=O) groups excluding carboxylic acids is 3. The molecule has 5 aliphatic heterocycles. The molecule has 0 amide bonds. The number of hydrogen-bond donors (Lipinski definition) is 9. The predicted octanol–water partition coefficient (Wildman–Crippen LogP) is -0.830. The third kappa shape index (κ3) is 13.0. The van der Waals surface area contributed by atoms with Crippen LogP contribution in [0.1, 0.15) is 107 Å². The molecular formula is C53H82O31S3. The van der Waals surface area contributed by atoms with Crippen LogP contribution < -0.4 is 0 Å². The Morgan fingerprint density at radius 3 is 1.95 bits per heavy atom. The van der Waals surface area contributed by atoms with Crippen molar-refractivity contribution in [3.05, 3.63) is 11.6 Å². The number of aliphatic hydroxyl groups excluding tert-OH is 6. The lowest BCUT2D eigenvalue weighted by molar-refractivity contribution is -0.380. The molecule has 0 aromatic heterocycles. The third-order valence-electron chi connectivity index (χ3n) is 20.0. The van der Waals surface area contributed by atoms with Gasteiger partial charge >= 0.3 is 37.2 Å². The van der Waals surface area contributed by atoms with Crippen molar-refractivity contribution in [2.45, 2.75) is 229 Å². The number of ether oxygens (including phenoxy) is 10. The van der Waals surface area contributed by atoms with Gasteiger partial charge in [0, 0.05) is 31.8 Å². The standard InChI is InChI=1S/C53H82O31S3/c1-22(2)16-24(54)17-52(8)43-27(55)18-51(7)26-10-11-31-49(4,5)32(13-14-50(31,6)25(26)12-15-53(43,51)48(62)82-52)78-46-41(34(58)30(20-74-46)83-86(66,67)68)81-44-36(60)35(59)38(23(3)76-44)79-47-42(84-87(69,70)71)39(28(56)19-73-47)80-45-37(61)40(72-9)33(57)29(77-45)21-75-85(63,64)65/h10,22-23,25,28-47,56-61H,11-21H2,1-9H3,(H,63,64,65)(H,66,67,68)(H,69,70,71)/t23?,25?,28-,29?,30-,31+,32+,33-,34?,35?,36?,37?,38-,39?,40?,41?,42?,43-,44+,45+,46+,47+,50-,51+,52+,53?/m1/s1. The Kier molecular flexibility index (Phi) is 19.6. The van der Waals surface area contributed by atoms with Crippen molar-refractivity contribution >= 4 is 48.7 Å². The molecule has 3 saturated carbocycles. The number of aliphatic hydroxyl groups is 6. The second-order valence-corrected chi connectivity index (χ2v) is 29.6. The van der Waals surface area contributed by atoms with Gasteiger partial charge in [-0.25, -0.2) is 12.5 Å². The van der Waals surface area contributed by atoms with Gasteiger partial charge in [0.15, 0.2) is 31.3 Å². The van der Waals surface area contributed by atoms with Gasteiger partial charge in [0.1, 0.15) is 90.4 Å². The van der Waals surface area contributed by atoms with E-state index >= 15 is 0 Å². The molecule has 498 valence electrons. The van der Waals surface area contributed by atoms with Crippen LogP contribution >= 0.6 is 0 Å². The Labute approximate surface area is 503 Å². The van der Waals surface area contributed by atoms with Crippen molar-refractivity contribution in [2.75, 3.05) is 26.9 Å². The Balaban J connectivity index is 0.915. The van der Waals surface area contributed by atoms with Gasteiger partial charge in [-0.05, 0) is 74.5 Å². The van der Waals surface area contributed by atoms with Crippen molar-refractivity contribution in [1.82, 2.24) is 0 Å². The average molecular weight is 1310 g/mol. The maximum atomic E-state index is 14.4. The Morgan fingerprint density at radius 1 is 0.701 bits per heavy atom. The fraction of sp³-hybridized carbons (Fsp3) is 0.906. The fourth-order valence-corrected chi connectivity index (χ4v) is 17.5. The average Bonchev–Trinajstić information content (AvgIpc) is 1.53. The number of hydrogen-bond acceptors (Lipinski definition) is 28. The summed E-state index contributed by atoms with van der Waals surface area (Å²) in [6, 6.07) is 0. The molecule has 8 fully saturated rings. The monoisotopic (exact) mass is 1310 g/mol. The highest BCUT2D eigenvalue weighted by molar-refractivity contribution is 7.81. The summed E-state index contributed by atoms with van der Waals surface area (Å²) < 4.78 is 173. The van der Waals surface area contributed by atoms with Crippen molar-refractivity contribution in [2.24, 2.45) is 45.3 Å². The van der Waals surface area contributed by atoms with Crippen molar-refractivity contribution in [3.63, 3.8) is 0 Å². The van der Waals surface area contributed by atoms with E-state index in [1.54, 1.807) is 6.92 Å². The first-order valence-electron chi connectivity index (χ1n) is 28.9. The zero-order valence-electron chi connectivity index (χ0n) is 49.4. The summed E-state index contributed by atoms with van der Waals surface area (Å²) in [5.41, 5.74) is -3.44. The molecule has 5 heterocycles. The zero-order chi connectivity index (χ0) is 64.3. The van der Waals surface area contributed by atoms with Crippen LogP contribution in [0.2, 0.25) is 0 Å². The van der Waals surface area contributed by atoms with Crippen molar-refractivity contribution in [3.8, 4) is 0 Å². The van der Waals surface area contributed by atoms with E-state index in [0.29, 0.717) is 32.1 Å². The molecule has 9 rings (SSSR count). The van der Waals surface area contributed by atoms with Gasteiger partial charge in [-0.15, -0.1) is 0 Å². The molecule has 87 heavy (non-hydrogen) atoms. The summed E-state index contributed by atoms with van der Waals surface area (Å²) in [6.45, 7) is 12.5. The second kappa shape index (κ2) is 24.8. The summed E-state index contributed by atoms with van der Waals surface area (Å²) in [6.07, 6.45) is -30.2. The molecule has 5 saturated heterocycles. The van der Waals surface area contributed by atoms with Crippen molar-refractivity contribution < 1.29 is 144 Å². The lowest BCUT2D eigenvalue weighted by atomic mass is 9.41. The largest absolute Gasteiger partial charge is 0.458 e. The highest BCUT2D eigenvalue weighted by atomic mass is 32.3. The maximum Gasteiger partial charge on any atom is 0.397 e. The Morgan fingerprint density at radius 2 is 1.32 bits per heavy atom. The fourth-order valence-electron chi connectivity index (χ4n) is 16.3. The quantitative estimate of drug-likeness (QED) is 0.0408. The Hall–Kier alpha value is -2.44. The van der Waals surface area contributed by atoms with E-state index in [9.17, 15) is 79.4 Å². The summed E-state index contributed by atoms with van der Waals surface area (Å²) in [5.74, 6) is -1.53. The third-order valence-corrected chi connectivity index (χ3v) is 21.4. The number of cyclic esters (lactones) is 1. The number of Topliss-reactive ketones (excluding diaryl/α,β-unsaturated/α-hetero) is 2. The van der Waals surface area contributed by atoms with Gasteiger partial charge < -0.3 is 78.0 Å². The lowest BCUT2D eigenvalue weighted by Gasteiger charge is -2.63. The first kappa shape index (κ1) is 68.9. The lowest BCUT2D eigenvalue weighted by Crippen LogP contribution is -2.66. The normalized spacial score (nSPS) is 46.7. The molecule has 1 spiro atoms. The molecule has 34 heteroatoms. The Bertz CT molecular complexity index is 2950. The van der Waals surface area contributed by atoms with Gasteiger partial charge in [-0.1, -0.05) is 53.2 Å².